The molecule has 1 aromatic carbocycles. The Morgan fingerprint density at radius 2 is 1.64 bits per heavy atom. The minimum absolute atomic E-state index is 0.00671. The third-order valence-corrected chi connectivity index (χ3v) is 4.62. The molecule has 0 spiro atoms. The van der Waals surface area contributed by atoms with E-state index >= 15 is 0 Å². The highest BCUT2D eigenvalue weighted by molar-refractivity contribution is 5.54. The van der Waals surface area contributed by atoms with Crippen LogP contribution in [0.5, 0.6) is 17.2 Å². The molecule has 1 fully saturated rings. The predicted molar refractivity (Wildman–Crippen MR) is 89.1 cm³/mol. The summed E-state index contributed by atoms with van der Waals surface area (Å²) in [6.45, 7) is 4.64. The van der Waals surface area contributed by atoms with E-state index in [2.05, 4.69) is 6.07 Å². The summed E-state index contributed by atoms with van der Waals surface area (Å²) >= 11 is 0. The zero-order valence-corrected chi connectivity index (χ0v) is 14.3. The zero-order valence-electron chi connectivity index (χ0n) is 14.3. The lowest BCUT2D eigenvalue weighted by Gasteiger charge is -2.38. The first kappa shape index (κ1) is 16.9. The second-order valence-corrected chi connectivity index (χ2v) is 6.42. The lowest BCUT2D eigenvalue weighted by Crippen LogP contribution is -2.37. The predicted octanol–water partition coefficient (Wildman–Crippen LogP) is 3.65. The van der Waals surface area contributed by atoms with Crippen LogP contribution >= 0.6 is 0 Å². The Bertz CT molecular complexity index is 493. The minimum Gasteiger partial charge on any atom is -0.496 e. The molecule has 0 saturated heterocycles. The van der Waals surface area contributed by atoms with E-state index in [4.69, 9.17) is 19.9 Å². The lowest BCUT2D eigenvalue weighted by molar-refractivity contribution is 0.227. The van der Waals surface area contributed by atoms with Crippen LogP contribution in [0.3, 0.4) is 0 Å². The van der Waals surface area contributed by atoms with Gasteiger partial charge in [-0.1, -0.05) is 19.3 Å². The Morgan fingerprint density at radius 1 is 1.00 bits per heavy atom. The third-order valence-electron chi connectivity index (χ3n) is 4.62. The first-order valence-electron chi connectivity index (χ1n) is 8.19. The van der Waals surface area contributed by atoms with E-state index < -0.39 is 0 Å². The Kier molecular flexibility index (Phi) is 5.57. The van der Waals surface area contributed by atoms with E-state index in [0.29, 0.717) is 6.54 Å². The average Bonchev–Trinajstić information content (AvgIpc) is 2.54. The summed E-state index contributed by atoms with van der Waals surface area (Å²) in [7, 11) is 3.38. The Morgan fingerprint density at radius 3 is 2.14 bits per heavy atom. The average molecular weight is 307 g/mol. The van der Waals surface area contributed by atoms with Gasteiger partial charge < -0.3 is 19.9 Å². The maximum atomic E-state index is 6.18. The molecule has 0 unspecified atom stereocenters. The molecule has 4 nitrogen and oxygen atoms in total. The van der Waals surface area contributed by atoms with Crippen LogP contribution < -0.4 is 19.9 Å². The van der Waals surface area contributed by atoms with Crippen molar-refractivity contribution in [2.45, 2.75) is 57.5 Å². The minimum atomic E-state index is -0.00671. The van der Waals surface area contributed by atoms with Crippen molar-refractivity contribution in [3.8, 4) is 17.2 Å². The van der Waals surface area contributed by atoms with Gasteiger partial charge in [0.2, 0.25) is 0 Å². The zero-order chi connectivity index (χ0) is 16.2. The van der Waals surface area contributed by atoms with Crippen LogP contribution in [0.15, 0.2) is 12.1 Å². The van der Waals surface area contributed by atoms with Gasteiger partial charge in [-0.2, -0.15) is 0 Å². The van der Waals surface area contributed by atoms with E-state index in [9.17, 15) is 0 Å². The second kappa shape index (κ2) is 7.23. The van der Waals surface area contributed by atoms with Crippen molar-refractivity contribution < 1.29 is 14.2 Å². The fraction of sp³-hybridized carbons (Fsp3) is 0.667. The van der Waals surface area contributed by atoms with Gasteiger partial charge in [-0.3, -0.25) is 0 Å². The summed E-state index contributed by atoms with van der Waals surface area (Å²) in [5.41, 5.74) is 7.33. The molecule has 0 atom stereocenters. The fourth-order valence-corrected chi connectivity index (χ4v) is 3.44. The van der Waals surface area contributed by atoms with Gasteiger partial charge in [-0.05, 0) is 32.8 Å². The topological polar surface area (TPSA) is 53.7 Å². The SMILES string of the molecule is COc1cc(C2(CN)CCCCC2)c(OC)cc1OC(C)C. The van der Waals surface area contributed by atoms with Gasteiger partial charge in [-0.25, -0.2) is 0 Å². The van der Waals surface area contributed by atoms with Gasteiger partial charge in [0.05, 0.1) is 20.3 Å². The van der Waals surface area contributed by atoms with Crippen molar-refractivity contribution in [2.24, 2.45) is 5.73 Å². The Balaban J connectivity index is 2.49. The summed E-state index contributed by atoms with van der Waals surface area (Å²) in [5.74, 6) is 2.33. The van der Waals surface area contributed by atoms with E-state index in [1.54, 1.807) is 14.2 Å². The van der Waals surface area contributed by atoms with Crippen LogP contribution in [-0.2, 0) is 5.41 Å². The highest BCUT2D eigenvalue weighted by Crippen LogP contribution is 2.46. The number of ether oxygens (including phenoxy) is 3. The highest BCUT2D eigenvalue weighted by atomic mass is 16.5. The number of nitrogens with two attached hydrogens (primary N) is 1. The van der Waals surface area contributed by atoms with Gasteiger partial charge in [-0.15, -0.1) is 0 Å². The van der Waals surface area contributed by atoms with Crippen LogP contribution in [0.4, 0.5) is 0 Å². The van der Waals surface area contributed by atoms with Gasteiger partial charge in [0.25, 0.3) is 0 Å². The Hall–Kier alpha value is -1.42. The monoisotopic (exact) mass is 307 g/mol. The molecule has 0 radical (unpaired) electrons. The van der Waals surface area contributed by atoms with Crippen molar-refractivity contribution in [3.05, 3.63) is 17.7 Å². The molecule has 0 aromatic heterocycles. The molecule has 2 N–H and O–H groups in total. The summed E-state index contributed by atoms with van der Waals surface area (Å²) in [4.78, 5) is 0. The number of benzene rings is 1. The lowest BCUT2D eigenvalue weighted by atomic mass is 9.69. The van der Waals surface area contributed by atoms with E-state index in [0.717, 1.165) is 35.7 Å². The molecule has 1 aliphatic carbocycles. The fourth-order valence-electron chi connectivity index (χ4n) is 3.44. The van der Waals surface area contributed by atoms with Crippen molar-refractivity contribution in [1.29, 1.82) is 0 Å². The van der Waals surface area contributed by atoms with E-state index in [-0.39, 0.29) is 11.5 Å². The summed E-state index contributed by atoms with van der Waals surface area (Å²) in [5, 5.41) is 0. The van der Waals surface area contributed by atoms with Crippen LogP contribution in [0, 0.1) is 0 Å². The Labute approximate surface area is 133 Å². The second-order valence-electron chi connectivity index (χ2n) is 6.42. The van der Waals surface area contributed by atoms with Gasteiger partial charge in [0, 0.05) is 23.6 Å². The number of hydrogen-bond donors (Lipinski definition) is 1. The molecule has 1 aromatic rings. The largest absolute Gasteiger partial charge is 0.496 e. The molecule has 22 heavy (non-hydrogen) atoms. The van der Waals surface area contributed by atoms with Gasteiger partial charge >= 0.3 is 0 Å². The molecular formula is C18H29NO3. The maximum Gasteiger partial charge on any atom is 0.165 e. The molecule has 124 valence electrons. The standard InChI is InChI=1S/C18H29NO3/c1-13(2)22-17-11-15(20-3)14(10-16(17)21-4)18(12-19)8-6-5-7-9-18/h10-11,13H,5-9,12,19H2,1-4H3. The first-order valence-corrected chi connectivity index (χ1v) is 8.19. The van der Waals surface area contributed by atoms with Crippen LogP contribution in [-0.4, -0.2) is 26.9 Å². The molecule has 1 aliphatic rings. The first-order chi connectivity index (χ1) is 10.6. The normalized spacial score (nSPS) is 17.4. The molecular weight excluding hydrogens is 278 g/mol. The van der Waals surface area contributed by atoms with Crippen molar-refractivity contribution in [3.63, 3.8) is 0 Å². The van der Waals surface area contributed by atoms with Crippen LogP contribution in [0.1, 0.15) is 51.5 Å². The molecule has 0 aliphatic heterocycles. The van der Waals surface area contributed by atoms with Crippen molar-refractivity contribution in [2.75, 3.05) is 20.8 Å². The van der Waals surface area contributed by atoms with E-state index in [1.807, 2.05) is 19.9 Å². The number of hydrogen-bond acceptors (Lipinski definition) is 4. The molecule has 0 heterocycles. The molecule has 2 rings (SSSR count). The quantitative estimate of drug-likeness (QED) is 0.871. The summed E-state index contributed by atoms with van der Waals surface area (Å²) in [6, 6.07) is 4.01. The molecule has 1 saturated carbocycles. The van der Waals surface area contributed by atoms with Gasteiger partial charge in [0.1, 0.15) is 5.75 Å². The van der Waals surface area contributed by atoms with Crippen molar-refractivity contribution >= 4 is 0 Å². The van der Waals surface area contributed by atoms with E-state index in [1.165, 1.54) is 19.3 Å². The number of rotatable bonds is 6. The molecule has 4 heteroatoms. The third kappa shape index (κ3) is 3.32. The summed E-state index contributed by atoms with van der Waals surface area (Å²) < 4.78 is 17.1. The molecule has 0 amide bonds. The number of methoxy groups -OCH3 is 2. The maximum absolute atomic E-state index is 6.18. The van der Waals surface area contributed by atoms with Crippen LogP contribution in [0.2, 0.25) is 0 Å². The summed E-state index contributed by atoms with van der Waals surface area (Å²) in [6.07, 6.45) is 6.01. The van der Waals surface area contributed by atoms with Crippen molar-refractivity contribution in [1.82, 2.24) is 0 Å². The molecule has 0 bridgehead atoms. The smallest absolute Gasteiger partial charge is 0.165 e. The highest BCUT2D eigenvalue weighted by Gasteiger charge is 2.36. The van der Waals surface area contributed by atoms with Gasteiger partial charge in [0.15, 0.2) is 11.5 Å². The van der Waals surface area contributed by atoms with Crippen LogP contribution in [0.25, 0.3) is 0 Å².